The molecule has 100 valence electrons. The van der Waals surface area contributed by atoms with Crippen molar-refractivity contribution in [2.24, 2.45) is 5.92 Å². The lowest BCUT2D eigenvalue weighted by atomic mass is 10.2. The van der Waals surface area contributed by atoms with E-state index in [4.69, 9.17) is 14.1 Å². The van der Waals surface area contributed by atoms with Crippen LogP contribution in [0.4, 0.5) is 0 Å². The molecule has 6 nitrogen and oxygen atoms in total. The maximum Gasteiger partial charge on any atom is 0.283 e. The third kappa shape index (κ3) is 3.66. The summed E-state index contributed by atoms with van der Waals surface area (Å²) in [4.78, 5) is 1.96. The van der Waals surface area contributed by atoms with Crippen molar-refractivity contribution in [3.8, 4) is 17.7 Å². The Morgan fingerprint density at radius 2 is 2.21 bits per heavy atom. The molecule has 0 aromatic carbocycles. The molecule has 7 heteroatoms. The largest absolute Gasteiger partial charge is 0.444 e. The first-order valence-corrected chi connectivity index (χ1v) is 6.54. The van der Waals surface area contributed by atoms with Gasteiger partial charge in [0.25, 0.3) is 5.89 Å². The zero-order chi connectivity index (χ0) is 13.8. The van der Waals surface area contributed by atoms with Crippen LogP contribution in [0.1, 0.15) is 12.8 Å². The number of hydrogen-bond acceptors (Lipinski definition) is 6. The van der Waals surface area contributed by atoms with Crippen LogP contribution in [0.25, 0.3) is 11.7 Å². The Balaban J connectivity index is 2.00. The van der Waals surface area contributed by atoms with E-state index in [0.717, 1.165) is 0 Å². The highest BCUT2D eigenvalue weighted by Crippen LogP contribution is 2.23. The van der Waals surface area contributed by atoms with Gasteiger partial charge >= 0.3 is 0 Å². The van der Waals surface area contributed by atoms with Crippen molar-refractivity contribution in [3.05, 3.63) is 22.7 Å². The molecule has 0 bridgehead atoms. The highest BCUT2D eigenvalue weighted by molar-refractivity contribution is 9.10. The SMILES string of the molecule is C[C@@H](C#N)CN(C)Cc1nnc(-c2ccc(Br)o2)o1. The summed E-state index contributed by atoms with van der Waals surface area (Å²) in [5.74, 6) is 1.34. The molecule has 0 radical (unpaired) electrons. The molecule has 0 unspecified atom stereocenters. The molecule has 0 amide bonds. The fourth-order valence-electron chi connectivity index (χ4n) is 1.65. The van der Waals surface area contributed by atoms with Gasteiger partial charge in [-0.2, -0.15) is 5.26 Å². The Morgan fingerprint density at radius 1 is 1.42 bits per heavy atom. The van der Waals surface area contributed by atoms with Crippen molar-refractivity contribution >= 4 is 15.9 Å². The van der Waals surface area contributed by atoms with Gasteiger partial charge in [0.2, 0.25) is 5.89 Å². The minimum absolute atomic E-state index is 0.0339. The Labute approximate surface area is 119 Å². The molecule has 0 aliphatic carbocycles. The molecule has 0 saturated carbocycles. The van der Waals surface area contributed by atoms with Crippen LogP contribution in [0.15, 0.2) is 25.6 Å². The number of halogens is 1. The first-order valence-electron chi connectivity index (χ1n) is 5.74. The molecule has 0 fully saturated rings. The minimum Gasteiger partial charge on any atom is -0.444 e. The van der Waals surface area contributed by atoms with E-state index in [-0.39, 0.29) is 5.92 Å². The van der Waals surface area contributed by atoms with Crippen molar-refractivity contribution < 1.29 is 8.83 Å². The maximum atomic E-state index is 8.76. The van der Waals surface area contributed by atoms with Crippen molar-refractivity contribution in [2.45, 2.75) is 13.5 Å². The van der Waals surface area contributed by atoms with Gasteiger partial charge in [0.05, 0.1) is 18.5 Å². The van der Waals surface area contributed by atoms with E-state index in [1.54, 1.807) is 12.1 Å². The van der Waals surface area contributed by atoms with Gasteiger partial charge in [-0.25, -0.2) is 0 Å². The molecule has 2 heterocycles. The molecule has 0 N–H and O–H groups in total. The molecule has 2 aromatic rings. The second-order valence-electron chi connectivity index (χ2n) is 4.33. The lowest BCUT2D eigenvalue weighted by Gasteiger charge is -2.14. The number of rotatable bonds is 5. The first kappa shape index (κ1) is 13.8. The van der Waals surface area contributed by atoms with Crippen molar-refractivity contribution in [2.75, 3.05) is 13.6 Å². The quantitative estimate of drug-likeness (QED) is 0.841. The topological polar surface area (TPSA) is 79.1 Å². The zero-order valence-electron chi connectivity index (χ0n) is 10.6. The van der Waals surface area contributed by atoms with Crippen LogP contribution in [-0.4, -0.2) is 28.7 Å². The summed E-state index contributed by atoms with van der Waals surface area (Å²) in [6, 6.07) is 5.70. The van der Waals surface area contributed by atoms with E-state index in [1.807, 2.05) is 18.9 Å². The molecule has 0 aliphatic rings. The van der Waals surface area contributed by atoms with Crippen LogP contribution >= 0.6 is 15.9 Å². The van der Waals surface area contributed by atoms with Crippen LogP contribution in [-0.2, 0) is 6.54 Å². The maximum absolute atomic E-state index is 8.76. The fraction of sp³-hybridized carbons (Fsp3) is 0.417. The molecule has 1 atom stereocenters. The van der Waals surface area contributed by atoms with E-state index >= 15 is 0 Å². The summed E-state index contributed by atoms with van der Waals surface area (Å²) >= 11 is 3.22. The van der Waals surface area contributed by atoms with Crippen LogP contribution in [0.3, 0.4) is 0 Å². The van der Waals surface area contributed by atoms with Crippen molar-refractivity contribution in [3.63, 3.8) is 0 Å². The molecular formula is C12H13BrN4O2. The van der Waals surface area contributed by atoms with Gasteiger partial charge in [-0.05, 0) is 42.0 Å². The van der Waals surface area contributed by atoms with Crippen LogP contribution in [0.2, 0.25) is 0 Å². The van der Waals surface area contributed by atoms with Crippen molar-refractivity contribution in [1.82, 2.24) is 15.1 Å². The summed E-state index contributed by atoms with van der Waals surface area (Å²) in [6.45, 7) is 3.03. The van der Waals surface area contributed by atoms with Gasteiger partial charge in [0.1, 0.15) is 0 Å². The molecule has 2 aromatic heterocycles. The third-order valence-electron chi connectivity index (χ3n) is 2.46. The highest BCUT2D eigenvalue weighted by Gasteiger charge is 2.14. The third-order valence-corrected chi connectivity index (χ3v) is 2.89. The number of nitrogens with zero attached hydrogens (tertiary/aromatic N) is 4. The fourth-order valence-corrected chi connectivity index (χ4v) is 1.96. The normalized spacial score (nSPS) is 12.6. The molecule has 0 aliphatic heterocycles. The van der Waals surface area contributed by atoms with Crippen LogP contribution in [0.5, 0.6) is 0 Å². The number of furan rings is 1. The average Bonchev–Trinajstić information content (AvgIpc) is 2.97. The molecule has 0 spiro atoms. The monoisotopic (exact) mass is 324 g/mol. The smallest absolute Gasteiger partial charge is 0.283 e. The first-order chi connectivity index (χ1) is 9.08. The second kappa shape index (κ2) is 5.99. The Bertz CT molecular complexity index is 587. The van der Waals surface area contributed by atoms with E-state index < -0.39 is 0 Å². The van der Waals surface area contributed by atoms with Crippen LogP contribution < -0.4 is 0 Å². The van der Waals surface area contributed by atoms with E-state index in [0.29, 0.717) is 35.3 Å². The Morgan fingerprint density at radius 3 is 2.84 bits per heavy atom. The summed E-state index contributed by atoms with van der Waals surface area (Å²) in [7, 11) is 1.90. The highest BCUT2D eigenvalue weighted by atomic mass is 79.9. The van der Waals surface area contributed by atoms with Crippen LogP contribution in [0, 0.1) is 17.2 Å². The predicted molar refractivity (Wildman–Crippen MR) is 70.8 cm³/mol. The summed E-state index contributed by atoms with van der Waals surface area (Å²) in [6.07, 6.45) is 0. The van der Waals surface area contributed by atoms with E-state index in [1.165, 1.54) is 0 Å². The lowest BCUT2D eigenvalue weighted by Crippen LogP contribution is -2.23. The standard InChI is InChI=1S/C12H13BrN4O2/c1-8(5-14)6-17(2)7-11-15-16-12(19-11)9-3-4-10(13)18-9/h3-4,8H,6-7H2,1-2H3/t8-/m0/s1. The van der Waals surface area contributed by atoms with Crippen molar-refractivity contribution in [1.29, 1.82) is 5.26 Å². The molecule has 0 saturated heterocycles. The summed E-state index contributed by atoms with van der Waals surface area (Å²) < 4.78 is 11.5. The number of nitriles is 1. The molecular weight excluding hydrogens is 312 g/mol. The summed E-state index contributed by atoms with van der Waals surface area (Å²) in [5.41, 5.74) is 0. The average molecular weight is 325 g/mol. The second-order valence-corrected chi connectivity index (χ2v) is 5.11. The predicted octanol–water partition coefficient (Wildman–Crippen LogP) is 2.68. The van der Waals surface area contributed by atoms with Gasteiger partial charge in [-0.1, -0.05) is 0 Å². The van der Waals surface area contributed by atoms with Gasteiger partial charge in [0.15, 0.2) is 10.4 Å². The van der Waals surface area contributed by atoms with Gasteiger partial charge in [-0.3, -0.25) is 4.90 Å². The minimum atomic E-state index is -0.0339. The van der Waals surface area contributed by atoms with E-state index in [9.17, 15) is 0 Å². The van der Waals surface area contributed by atoms with Gasteiger partial charge < -0.3 is 8.83 Å². The molecule has 19 heavy (non-hydrogen) atoms. The lowest BCUT2D eigenvalue weighted by molar-refractivity contribution is 0.271. The zero-order valence-corrected chi connectivity index (χ0v) is 12.2. The summed E-state index contributed by atoms with van der Waals surface area (Å²) in [5, 5.41) is 16.6. The van der Waals surface area contributed by atoms with Gasteiger partial charge in [0, 0.05) is 6.54 Å². The van der Waals surface area contributed by atoms with Gasteiger partial charge in [-0.15, -0.1) is 10.2 Å². The Hall–Kier alpha value is -1.65. The number of aromatic nitrogens is 2. The Kier molecular flexibility index (Phi) is 4.35. The number of hydrogen-bond donors (Lipinski definition) is 0. The molecule has 2 rings (SSSR count). The van der Waals surface area contributed by atoms with E-state index in [2.05, 4.69) is 32.2 Å².